The Labute approximate surface area is 83.7 Å². The number of nitrogens with one attached hydrogen (secondary N) is 1. The molecule has 0 aromatic carbocycles. The highest BCUT2D eigenvalue weighted by atomic mass is 32.2. The van der Waals surface area contributed by atoms with Gasteiger partial charge in [0.15, 0.2) is 5.44 Å². The monoisotopic (exact) mass is 226 g/mol. The quantitative estimate of drug-likeness (QED) is 0.388. The van der Waals surface area contributed by atoms with Gasteiger partial charge in [0.2, 0.25) is 0 Å². The molecule has 0 bridgehead atoms. The van der Waals surface area contributed by atoms with E-state index < -0.39 is 21.8 Å². The molecule has 0 heterocycles. The lowest BCUT2D eigenvalue weighted by molar-refractivity contribution is 0.0373. The van der Waals surface area contributed by atoms with Gasteiger partial charge in [-0.05, 0) is 18.9 Å². The van der Waals surface area contributed by atoms with Gasteiger partial charge < -0.3 is 14.8 Å². The molecule has 3 N–H and O–H groups in total. The van der Waals surface area contributed by atoms with Crippen molar-refractivity contribution < 1.29 is 23.2 Å². The van der Waals surface area contributed by atoms with Gasteiger partial charge in [0.1, 0.15) is 16.3 Å². The standard InChI is InChI=1S/C7H17NO5S/c1-5(2)3-4-8-6(9)7(10)14(11,12)13/h5-10H,3-4H2,1-2H3,(H,11,12,13)/p-1. The predicted octanol–water partition coefficient (Wildman–Crippen LogP) is -1.20. The second-order valence-electron chi connectivity index (χ2n) is 3.46. The Morgan fingerprint density at radius 1 is 1.36 bits per heavy atom. The third-order valence-corrected chi connectivity index (χ3v) is 2.49. The molecule has 2 unspecified atom stereocenters. The molecule has 0 fully saturated rings. The van der Waals surface area contributed by atoms with Crippen molar-refractivity contribution in [2.45, 2.75) is 31.9 Å². The second-order valence-corrected chi connectivity index (χ2v) is 4.93. The summed E-state index contributed by atoms with van der Waals surface area (Å²) in [6.07, 6.45) is -1.01. The third-order valence-electron chi connectivity index (χ3n) is 1.64. The van der Waals surface area contributed by atoms with Crippen LogP contribution in [0.25, 0.3) is 0 Å². The van der Waals surface area contributed by atoms with Crippen LogP contribution in [-0.2, 0) is 10.1 Å². The molecule has 86 valence electrons. The molecular formula is C7H16NO5S-. The van der Waals surface area contributed by atoms with Crippen molar-refractivity contribution in [3.63, 3.8) is 0 Å². The molecule has 0 saturated carbocycles. The largest absolute Gasteiger partial charge is 0.746 e. The first kappa shape index (κ1) is 13.8. The summed E-state index contributed by atoms with van der Waals surface area (Å²) in [5.41, 5.74) is -2.31. The first-order valence-electron chi connectivity index (χ1n) is 4.29. The predicted molar refractivity (Wildman–Crippen MR) is 49.2 cm³/mol. The Hall–Kier alpha value is -0.210. The van der Waals surface area contributed by atoms with Crippen LogP contribution in [0.15, 0.2) is 0 Å². The number of aliphatic hydroxyl groups is 2. The highest BCUT2D eigenvalue weighted by Crippen LogP contribution is 2.00. The lowest BCUT2D eigenvalue weighted by Gasteiger charge is -2.21. The summed E-state index contributed by atoms with van der Waals surface area (Å²) < 4.78 is 30.8. The van der Waals surface area contributed by atoms with Gasteiger partial charge in [-0.2, -0.15) is 0 Å². The Morgan fingerprint density at radius 2 is 1.86 bits per heavy atom. The minimum atomic E-state index is -4.86. The zero-order valence-corrected chi connectivity index (χ0v) is 8.99. The fraction of sp³-hybridized carbons (Fsp3) is 1.00. The third kappa shape index (κ3) is 5.51. The highest BCUT2D eigenvalue weighted by Gasteiger charge is 2.21. The molecule has 0 amide bonds. The molecular weight excluding hydrogens is 210 g/mol. The van der Waals surface area contributed by atoms with E-state index in [9.17, 15) is 13.0 Å². The Kier molecular flexibility index (Phi) is 5.53. The molecule has 0 radical (unpaired) electrons. The van der Waals surface area contributed by atoms with E-state index in [4.69, 9.17) is 10.2 Å². The van der Waals surface area contributed by atoms with E-state index in [0.29, 0.717) is 18.9 Å². The number of hydrogen-bond acceptors (Lipinski definition) is 6. The van der Waals surface area contributed by atoms with Gasteiger partial charge >= 0.3 is 0 Å². The molecule has 0 aliphatic rings. The van der Waals surface area contributed by atoms with Crippen LogP contribution in [0, 0.1) is 5.92 Å². The van der Waals surface area contributed by atoms with Crippen LogP contribution < -0.4 is 5.32 Å². The lowest BCUT2D eigenvalue weighted by atomic mass is 10.1. The van der Waals surface area contributed by atoms with Gasteiger partial charge in [0.25, 0.3) is 0 Å². The van der Waals surface area contributed by atoms with Crippen molar-refractivity contribution >= 4 is 10.1 Å². The fourth-order valence-corrected chi connectivity index (χ4v) is 1.19. The zero-order chi connectivity index (χ0) is 11.4. The van der Waals surface area contributed by atoms with Crippen molar-refractivity contribution in [3.8, 4) is 0 Å². The molecule has 0 saturated heterocycles. The SMILES string of the molecule is CC(C)CCNC(O)C(O)S(=O)(=O)[O-]. The van der Waals surface area contributed by atoms with Crippen LogP contribution >= 0.6 is 0 Å². The van der Waals surface area contributed by atoms with E-state index in [2.05, 4.69) is 5.32 Å². The Morgan fingerprint density at radius 3 is 2.21 bits per heavy atom. The molecule has 0 spiro atoms. The van der Waals surface area contributed by atoms with Crippen molar-refractivity contribution in [1.29, 1.82) is 0 Å². The van der Waals surface area contributed by atoms with Crippen LogP contribution in [0.2, 0.25) is 0 Å². The first-order valence-corrected chi connectivity index (χ1v) is 5.76. The van der Waals surface area contributed by atoms with E-state index >= 15 is 0 Å². The fourth-order valence-electron chi connectivity index (χ4n) is 0.779. The summed E-state index contributed by atoms with van der Waals surface area (Å²) in [6, 6.07) is 0. The average Bonchev–Trinajstić information content (AvgIpc) is 2.00. The molecule has 0 aromatic heterocycles. The summed E-state index contributed by atoms with van der Waals surface area (Å²) in [5.74, 6) is 0.385. The van der Waals surface area contributed by atoms with E-state index in [1.54, 1.807) is 0 Å². The summed E-state index contributed by atoms with van der Waals surface area (Å²) in [7, 11) is -4.86. The highest BCUT2D eigenvalue weighted by molar-refractivity contribution is 7.86. The minimum absolute atomic E-state index is 0.339. The molecule has 0 aromatic rings. The molecule has 6 nitrogen and oxygen atoms in total. The molecule has 14 heavy (non-hydrogen) atoms. The number of hydrogen-bond donors (Lipinski definition) is 3. The summed E-state index contributed by atoms with van der Waals surface area (Å²) >= 11 is 0. The maximum Gasteiger partial charge on any atom is 0.182 e. The van der Waals surface area contributed by atoms with Crippen molar-refractivity contribution in [2.24, 2.45) is 5.92 Å². The van der Waals surface area contributed by atoms with Crippen LogP contribution in [-0.4, -0.2) is 41.4 Å². The van der Waals surface area contributed by atoms with Gasteiger partial charge in [-0.1, -0.05) is 13.8 Å². The van der Waals surface area contributed by atoms with Gasteiger partial charge in [0.05, 0.1) is 0 Å². The topological polar surface area (TPSA) is 110 Å². The van der Waals surface area contributed by atoms with Crippen molar-refractivity contribution in [1.82, 2.24) is 5.32 Å². The van der Waals surface area contributed by atoms with E-state index in [-0.39, 0.29) is 0 Å². The number of aliphatic hydroxyl groups excluding tert-OH is 2. The van der Waals surface area contributed by atoms with Crippen molar-refractivity contribution in [3.05, 3.63) is 0 Å². The lowest BCUT2D eigenvalue weighted by Crippen LogP contribution is -2.44. The Balaban J connectivity index is 3.91. The van der Waals surface area contributed by atoms with Gasteiger partial charge in [0, 0.05) is 0 Å². The van der Waals surface area contributed by atoms with Crippen LogP contribution in [0.4, 0.5) is 0 Å². The summed E-state index contributed by atoms with van der Waals surface area (Å²) in [5, 5.41) is 20.2. The summed E-state index contributed by atoms with van der Waals surface area (Å²) in [6.45, 7) is 4.25. The molecule has 7 heteroatoms. The van der Waals surface area contributed by atoms with E-state index in [1.165, 1.54) is 0 Å². The maximum atomic E-state index is 10.3. The van der Waals surface area contributed by atoms with Crippen molar-refractivity contribution in [2.75, 3.05) is 6.54 Å². The summed E-state index contributed by atoms with van der Waals surface area (Å²) in [4.78, 5) is 0. The smallest absolute Gasteiger partial charge is 0.182 e. The number of rotatable bonds is 6. The zero-order valence-electron chi connectivity index (χ0n) is 8.17. The molecule has 0 rings (SSSR count). The van der Waals surface area contributed by atoms with Gasteiger partial charge in [-0.25, -0.2) is 8.42 Å². The second kappa shape index (κ2) is 5.62. The van der Waals surface area contributed by atoms with Crippen LogP contribution in [0.3, 0.4) is 0 Å². The van der Waals surface area contributed by atoms with Crippen LogP contribution in [0.1, 0.15) is 20.3 Å². The molecule has 0 aliphatic heterocycles. The van der Waals surface area contributed by atoms with Gasteiger partial charge in [-0.15, -0.1) is 0 Å². The van der Waals surface area contributed by atoms with Gasteiger partial charge in [-0.3, -0.25) is 5.32 Å². The Bertz CT molecular complexity index is 251. The van der Waals surface area contributed by atoms with E-state index in [0.717, 1.165) is 0 Å². The van der Waals surface area contributed by atoms with Crippen LogP contribution in [0.5, 0.6) is 0 Å². The molecule has 2 atom stereocenters. The maximum absolute atomic E-state index is 10.3. The van der Waals surface area contributed by atoms with E-state index in [1.807, 2.05) is 13.8 Å². The molecule has 0 aliphatic carbocycles. The minimum Gasteiger partial charge on any atom is -0.746 e. The average molecular weight is 226 g/mol. The first-order chi connectivity index (χ1) is 6.25. The normalized spacial score (nSPS) is 17.0.